The molecule has 2 rings (SSSR count). The van der Waals surface area contributed by atoms with Gasteiger partial charge in [0.15, 0.2) is 21.5 Å². The molecule has 1 fully saturated rings. The van der Waals surface area contributed by atoms with Gasteiger partial charge in [-0.2, -0.15) is 11.8 Å². The lowest BCUT2D eigenvalue weighted by atomic mass is 10.4. The molecule has 0 saturated carbocycles. The van der Waals surface area contributed by atoms with Gasteiger partial charge in [0, 0.05) is 36.2 Å². The number of thioether (sulfide) groups is 1. The third-order valence-corrected chi connectivity index (χ3v) is 6.17. The lowest BCUT2D eigenvalue weighted by Gasteiger charge is -2.35. The number of nitrogens with zero attached hydrogens (tertiary/aromatic N) is 3. The number of aromatic nitrogens is 2. The molecule has 1 aliphatic heterocycles. The van der Waals surface area contributed by atoms with Gasteiger partial charge in [0.1, 0.15) is 5.37 Å². The van der Waals surface area contributed by atoms with E-state index < -0.39 is 15.2 Å². The minimum Gasteiger partial charge on any atom is -0.381 e. The van der Waals surface area contributed by atoms with E-state index in [2.05, 4.69) is 9.97 Å². The van der Waals surface area contributed by atoms with Crippen molar-refractivity contribution in [2.24, 2.45) is 0 Å². The Morgan fingerprint density at radius 1 is 1.50 bits per heavy atom. The molecule has 0 bridgehead atoms. The summed E-state index contributed by atoms with van der Waals surface area (Å²) in [7, 11) is -3.15. The number of nitrogen functional groups attached to an aromatic ring is 1. The zero-order valence-corrected chi connectivity index (χ0v) is 11.7. The van der Waals surface area contributed by atoms with Gasteiger partial charge in [0.2, 0.25) is 0 Å². The van der Waals surface area contributed by atoms with Gasteiger partial charge in [-0.05, 0) is 0 Å². The van der Waals surface area contributed by atoms with Crippen LogP contribution in [0.4, 0.5) is 11.6 Å². The molecule has 0 spiro atoms. The van der Waals surface area contributed by atoms with Crippen molar-refractivity contribution in [1.82, 2.24) is 9.97 Å². The smallest absolute Gasteiger partial charge is 0.172 e. The maximum atomic E-state index is 12.1. The summed E-state index contributed by atoms with van der Waals surface area (Å²) in [5.41, 5.74) is 5.78. The molecule has 0 aliphatic carbocycles. The van der Waals surface area contributed by atoms with Gasteiger partial charge in [0.05, 0.1) is 0 Å². The third-order valence-electron chi connectivity index (χ3n) is 2.88. The van der Waals surface area contributed by atoms with Crippen LogP contribution in [0.5, 0.6) is 0 Å². The van der Waals surface area contributed by atoms with E-state index >= 15 is 0 Å². The van der Waals surface area contributed by atoms with Gasteiger partial charge in [0.25, 0.3) is 0 Å². The minimum atomic E-state index is -3.15. The zero-order chi connectivity index (χ0) is 13.2. The van der Waals surface area contributed by atoms with Gasteiger partial charge in [-0.3, -0.25) is 0 Å². The molecule has 0 aromatic carbocycles. The van der Waals surface area contributed by atoms with Crippen LogP contribution >= 0.6 is 11.8 Å². The summed E-state index contributed by atoms with van der Waals surface area (Å²) in [6, 6.07) is 0. The lowest BCUT2D eigenvalue weighted by Crippen LogP contribution is -2.48. The van der Waals surface area contributed by atoms with E-state index in [1.54, 1.807) is 23.6 Å². The fraction of sp³-hybridized carbons (Fsp3) is 0.600. The monoisotopic (exact) mass is 288 g/mol. The summed E-state index contributed by atoms with van der Waals surface area (Å²) < 4.78 is 24.2. The SMILES string of the molecule is CCS(=O)(=O)C1CSCCN1c1nccnc1N. The average Bonchev–Trinajstić information content (AvgIpc) is 2.39. The summed E-state index contributed by atoms with van der Waals surface area (Å²) in [5, 5.41) is -0.555. The summed E-state index contributed by atoms with van der Waals surface area (Å²) in [6.07, 6.45) is 3.03. The fourth-order valence-corrected chi connectivity index (χ4v) is 4.85. The highest BCUT2D eigenvalue weighted by Gasteiger charge is 2.34. The summed E-state index contributed by atoms with van der Waals surface area (Å²) in [4.78, 5) is 9.89. The number of hydrogen-bond acceptors (Lipinski definition) is 7. The Labute approximate surface area is 111 Å². The van der Waals surface area contributed by atoms with E-state index in [1.807, 2.05) is 0 Å². The number of hydrogen-bond donors (Lipinski definition) is 1. The summed E-state index contributed by atoms with van der Waals surface area (Å²) in [5.74, 6) is 2.29. The van der Waals surface area contributed by atoms with Gasteiger partial charge >= 0.3 is 0 Å². The Morgan fingerprint density at radius 2 is 2.22 bits per heavy atom. The molecule has 1 unspecified atom stereocenters. The van der Waals surface area contributed by atoms with Gasteiger partial charge in [-0.1, -0.05) is 6.92 Å². The molecule has 1 saturated heterocycles. The fourth-order valence-electron chi connectivity index (χ4n) is 1.88. The van der Waals surface area contributed by atoms with E-state index in [-0.39, 0.29) is 11.6 Å². The second-order valence-electron chi connectivity index (χ2n) is 3.94. The molecular formula is C10H16N4O2S2. The van der Waals surface area contributed by atoms with Gasteiger partial charge in [-0.15, -0.1) is 0 Å². The Hall–Kier alpha value is -1.02. The largest absolute Gasteiger partial charge is 0.381 e. The van der Waals surface area contributed by atoms with Crippen molar-refractivity contribution < 1.29 is 8.42 Å². The summed E-state index contributed by atoms with van der Waals surface area (Å²) >= 11 is 1.64. The van der Waals surface area contributed by atoms with Crippen LogP contribution in [0.15, 0.2) is 12.4 Å². The molecule has 6 nitrogen and oxygen atoms in total. The Bertz CT molecular complexity index is 520. The first-order valence-electron chi connectivity index (χ1n) is 5.68. The van der Waals surface area contributed by atoms with Crippen LogP contribution in [0, 0.1) is 0 Å². The average molecular weight is 288 g/mol. The molecule has 1 aromatic heterocycles. The van der Waals surface area contributed by atoms with Crippen molar-refractivity contribution in [2.75, 3.05) is 34.4 Å². The first-order chi connectivity index (χ1) is 8.56. The van der Waals surface area contributed by atoms with Crippen LogP contribution in [-0.2, 0) is 9.84 Å². The van der Waals surface area contributed by atoms with Crippen LogP contribution in [0.25, 0.3) is 0 Å². The van der Waals surface area contributed by atoms with Crippen molar-refractivity contribution in [3.8, 4) is 0 Å². The Morgan fingerprint density at radius 3 is 2.89 bits per heavy atom. The predicted molar refractivity (Wildman–Crippen MR) is 74.4 cm³/mol. The lowest BCUT2D eigenvalue weighted by molar-refractivity contribution is 0.579. The maximum Gasteiger partial charge on any atom is 0.172 e. The molecule has 1 aromatic rings. The van der Waals surface area contributed by atoms with Crippen molar-refractivity contribution >= 4 is 33.2 Å². The molecule has 2 N–H and O–H groups in total. The highest BCUT2D eigenvalue weighted by Crippen LogP contribution is 2.28. The molecule has 0 amide bonds. The highest BCUT2D eigenvalue weighted by molar-refractivity contribution is 8.01. The van der Waals surface area contributed by atoms with Crippen LogP contribution in [0.2, 0.25) is 0 Å². The molecule has 0 radical (unpaired) electrons. The first-order valence-corrected chi connectivity index (χ1v) is 8.55. The van der Waals surface area contributed by atoms with E-state index in [1.165, 1.54) is 12.4 Å². The van der Waals surface area contributed by atoms with Crippen LogP contribution in [0.1, 0.15) is 6.92 Å². The van der Waals surface area contributed by atoms with E-state index in [0.717, 1.165) is 5.75 Å². The molecule has 1 aliphatic rings. The molecule has 2 heterocycles. The molecule has 1 atom stereocenters. The van der Waals surface area contributed by atoms with Crippen LogP contribution in [0.3, 0.4) is 0 Å². The second-order valence-corrected chi connectivity index (χ2v) is 7.54. The van der Waals surface area contributed by atoms with Crippen LogP contribution < -0.4 is 10.6 Å². The van der Waals surface area contributed by atoms with Crippen LogP contribution in [-0.4, -0.2) is 47.6 Å². The molecule has 18 heavy (non-hydrogen) atoms. The van der Waals surface area contributed by atoms with Crippen molar-refractivity contribution in [3.63, 3.8) is 0 Å². The van der Waals surface area contributed by atoms with E-state index in [0.29, 0.717) is 18.1 Å². The maximum absolute atomic E-state index is 12.1. The molecular weight excluding hydrogens is 272 g/mol. The van der Waals surface area contributed by atoms with Crippen molar-refractivity contribution in [3.05, 3.63) is 12.4 Å². The predicted octanol–water partition coefficient (Wildman–Crippen LogP) is 0.373. The summed E-state index contributed by atoms with van der Waals surface area (Å²) in [6.45, 7) is 2.28. The molecule has 100 valence electrons. The number of nitrogens with two attached hydrogens (primary N) is 1. The Kier molecular flexibility index (Phi) is 3.96. The number of sulfone groups is 1. The minimum absolute atomic E-state index is 0.120. The topological polar surface area (TPSA) is 89.2 Å². The van der Waals surface area contributed by atoms with Gasteiger partial charge < -0.3 is 10.6 Å². The zero-order valence-electron chi connectivity index (χ0n) is 10.1. The van der Waals surface area contributed by atoms with Crippen molar-refractivity contribution in [1.29, 1.82) is 0 Å². The quantitative estimate of drug-likeness (QED) is 0.859. The second kappa shape index (κ2) is 5.31. The molecule has 8 heteroatoms. The normalized spacial score (nSPS) is 20.9. The van der Waals surface area contributed by atoms with Crippen molar-refractivity contribution in [2.45, 2.75) is 12.3 Å². The number of rotatable bonds is 3. The first kappa shape index (κ1) is 13.4. The number of anilines is 2. The van der Waals surface area contributed by atoms with E-state index in [4.69, 9.17) is 5.73 Å². The van der Waals surface area contributed by atoms with E-state index in [9.17, 15) is 8.42 Å². The van der Waals surface area contributed by atoms with Gasteiger partial charge in [-0.25, -0.2) is 18.4 Å². The highest BCUT2D eigenvalue weighted by atomic mass is 32.2. The standard InChI is InChI=1S/C10H16N4O2S2/c1-2-18(15,16)8-7-17-6-5-14(8)10-9(11)12-3-4-13-10/h3-4,8H,2,5-7H2,1H3,(H2,11,12). The Balaban J connectivity index is 2.38. The third kappa shape index (κ3) is 2.54.